The van der Waals surface area contributed by atoms with E-state index >= 15 is 0 Å². The van der Waals surface area contributed by atoms with Gasteiger partial charge in [-0.1, -0.05) is 29.8 Å². The smallest absolute Gasteiger partial charge is 0.171 e. The van der Waals surface area contributed by atoms with Gasteiger partial charge in [0.05, 0.1) is 34.4 Å². The number of ether oxygens (including phenoxy) is 4. The summed E-state index contributed by atoms with van der Waals surface area (Å²) in [7, 11) is 6.44. The quantitative estimate of drug-likeness (QED) is 0.555. The van der Waals surface area contributed by atoms with E-state index in [0.717, 1.165) is 22.3 Å². The highest BCUT2D eigenvalue weighted by atomic mass is 16.5. The zero-order valence-corrected chi connectivity index (χ0v) is 18.4. The number of benzene rings is 3. The summed E-state index contributed by atoms with van der Waals surface area (Å²) in [5.41, 5.74) is 4.50. The fourth-order valence-electron chi connectivity index (χ4n) is 4.38. The van der Waals surface area contributed by atoms with Crippen LogP contribution in [0.1, 0.15) is 44.4 Å². The molecule has 0 bridgehead atoms. The van der Waals surface area contributed by atoms with Crippen molar-refractivity contribution in [3.8, 4) is 23.0 Å². The molecule has 1 aliphatic rings. The van der Waals surface area contributed by atoms with E-state index in [0.29, 0.717) is 28.6 Å². The van der Waals surface area contributed by atoms with Crippen LogP contribution in [0.15, 0.2) is 54.6 Å². The number of hydrogen-bond donors (Lipinski definition) is 0. The molecule has 0 saturated heterocycles. The molecular weight excluding hydrogens is 392 g/mol. The van der Waals surface area contributed by atoms with Crippen molar-refractivity contribution in [3.63, 3.8) is 0 Å². The van der Waals surface area contributed by atoms with Crippen LogP contribution in [-0.2, 0) is 0 Å². The third-order valence-corrected chi connectivity index (χ3v) is 5.93. The number of hydrogen-bond acceptors (Lipinski definition) is 5. The second kappa shape index (κ2) is 8.34. The molecule has 1 aliphatic carbocycles. The second-order valence-corrected chi connectivity index (χ2v) is 7.67. The molecule has 0 N–H and O–H groups in total. The maximum atomic E-state index is 13.7. The predicted molar refractivity (Wildman–Crippen MR) is 119 cm³/mol. The Bertz CT molecular complexity index is 1100. The fourth-order valence-corrected chi connectivity index (χ4v) is 4.38. The van der Waals surface area contributed by atoms with Crippen LogP contribution < -0.4 is 18.9 Å². The molecular formula is C26H26O5. The lowest BCUT2D eigenvalue weighted by Gasteiger charge is -2.23. The Morgan fingerprint density at radius 3 is 1.77 bits per heavy atom. The lowest BCUT2D eigenvalue weighted by atomic mass is 9.81. The van der Waals surface area contributed by atoms with Crippen molar-refractivity contribution in [2.24, 2.45) is 0 Å². The lowest BCUT2D eigenvalue weighted by molar-refractivity contribution is 0.0968. The SMILES string of the molecule is COc1cc(OC)cc([C@H]2c3c(OC)cc(OC)cc3C(=O)[C@H]2c2ccc(C)cc2)c1. The summed E-state index contributed by atoms with van der Waals surface area (Å²) in [6, 6.07) is 17.5. The van der Waals surface area contributed by atoms with Crippen molar-refractivity contribution in [2.75, 3.05) is 28.4 Å². The summed E-state index contributed by atoms with van der Waals surface area (Å²) in [6.45, 7) is 2.04. The van der Waals surface area contributed by atoms with E-state index < -0.39 is 5.92 Å². The van der Waals surface area contributed by atoms with Crippen LogP contribution in [0, 0.1) is 6.92 Å². The van der Waals surface area contributed by atoms with Crippen molar-refractivity contribution < 1.29 is 23.7 Å². The van der Waals surface area contributed by atoms with E-state index in [1.165, 1.54) is 0 Å². The molecule has 0 unspecified atom stereocenters. The van der Waals surface area contributed by atoms with Gasteiger partial charge in [0.1, 0.15) is 23.0 Å². The van der Waals surface area contributed by atoms with Gasteiger partial charge in [0.2, 0.25) is 0 Å². The Labute approximate surface area is 182 Å². The van der Waals surface area contributed by atoms with E-state index in [4.69, 9.17) is 18.9 Å². The van der Waals surface area contributed by atoms with Crippen LogP contribution in [0.3, 0.4) is 0 Å². The molecule has 5 heteroatoms. The molecule has 31 heavy (non-hydrogen) atoms. The third-order valence-electron chi connectivity index (χ3n) is 5.93. The highest BCUT2D eigenvalue weighted by Crippen LogP contribution is 2.53. The zero-order chi connectivity index (χ0) is 22.1. The largest absolute Gasteiger partial charge is 0.497 e. The van der Waals surface area contributed by atoms with E-state index in [9.17, 15) is 4.79 Å². The van der Waals surface area contributed by atoms with Crippen molar-refractivity contribution in [2.45, 2.75) is 18.8 Å². The molecule has 0 aromatic heterocycles. The van der Waals surface area contributed by atoms with E-state index in [2.05, 4.69) is 0 Å². The number of methoxy groups -OCH3 is 4. The molecule has 0 spiro atoms. The zero-order valence-electron chi connectivity index (χ0n) is 18.4. The summed E-state index contributed by atoms with van der Waals surface area (Å²) < 4.78 is 22.2. The number of carbonyl (C=O) groups excluding carboxylic acids is 1. The summed E-state index contributed by atoms with van der Waals surface area (Å²) in [5.74, 6) is 1.96. The Kier molecular flexibility index (Phi) is 5.59. The minimum absolute atomic E-state index is 0.0443. The topological polar surface area (TPSA) is 54.0 Å². The molecule has 0 aliphatic heterocycles. The van der Waals surface area contributed by atoms with Crippen LogP contribution in [0.25, 0.3) is 0 Å². The van der Waals surface area contributed by atoms with Crippen LogP contribution in [0.2, 0.25) is 0 Å². The average Bonchev–Trinajstić information content (AvgIpc) is 3.10. The van der Waals surface area contributed by atoms with Crippen LogP contribution in [-0.4, -0.2) is 34.2 Å². The van der Waals surface area contributed by atoms with Crippen molar-refractivity contribution in [1.29, 1.82) is 0 Å². The molecule has 0 heterocycles. The molecule has 4 rings (SSSR count). The minimum Gasteiger partial charge on any atom is -0.497 e. The van der Waals surface area contributed by atoms with Crippen molar-refractivity contribution >= 4 is 5.78 Å². The Morgan fingerprint density at radius 2 is 1.23 bits per heavy atom. The monoisotopic (exact) mass is 418 g/mol. The van der Waals surface area contributed by atoms with Gasteiger partial charge >= 0.3 is 0 Å². The molecule has 0 radical (unpaired) electrons. The normalized spacial score (nSPS) is 17.3. The van der Waals surface area contributed by atoms with Crippen molar-refractivity contribution in [1.82, 2.24) is 0 Å². The van der Waals surface area contributed by atoms with Crippen LogP contribution in [0.5, 0.6) is 23.0 Å². The Balaban J connectivity index is 1.99. The number of aryl methyl sites for hydroxylation is 1. The number of Topliss-reactive ketones (excluding diaryl/α,β-unsaturated/α-hetero) is 1. The van der Waals surface area contributed by atoms with Gasteiger partial charge in [-0.25, -0.2) is 0 Å². The highest BCUT2D eigenvalue weighted by Gasteiger charge is 2.44. The molecule has 2 atom stereocenters. The van der Waals surface area contributed by atoms with Gasteiger partial charge in [0.25, 0.3) is 0 Å². The fraction of sp³-hybridized carbons (Fsp3) is 0.269. The summed E-state index contributed by atoms with van der Waals surface area (Å²) in [6.07, 6.45) is 0. The summed E-state index contributed by atoms with van der Waals surface area (Å²) >= 11 is 0. The number of ketones is 1. The number of rotatable bonds is 6. The van der Waals surface area contributed by atoms with Gasteiger partial charge in [-0.05, 0) is 36.2 Å². The standard InChI is InChI=1S/C26H26O5/c1-15-6-8-16(9-7-15)24-23(17-10-18(28-2)12-19(11-17)29-3)25-21(26(24)27)13-20(30-4)14-22(25)31-5/h6-14,23-24H,1-5H3/t23-,24+/m1/s1. The first-order valence-electron chi connectivity index (χ1n) is 10.1. The molecule has 5 nitrogen and oxygen atoms in total. The summed E-state index contributed by atoms with van der Waals surface area (Å²) in [4.78, 5) is 13.7. The number of carbonyl (C=O) groups is 1. The van der Waals surface area contributed by atoms with Gasteiger partial charge < -0.3 is 18.9 Å². The lowest BCUT2D eigenvalue weighted by Crippen LogP contribution is -2.13. The maximum Gasteiger partial charge on any atom is 0.171 e. The first kappa shape index (κ1) is 20.8. The summed E-state index contributed by atoms with van der Waals surface area (Å²) in [5, 5.41) is 0. The van der Waals surface area contributed by atoms with Gasteiger partial charge in [0, 0.05) is 29.2 Å². The van der Waals surface area contributed by atoms with Gasteiger partial charge in [0.15, 0.2) is 5.78 Å². The van der Waals surface area contributed by atoms with Crippen LogP contribution >= 0.6 is 0 Å². The second-order valence-electron chi connectivity index (χ2n) is 7.67. The Hall–Kier alpha value is -3.47. The molecule has 0 fully saturated rings. The maximum absolute atomic E-state index is 13.7. The van der Waals surface area contributed by atoms with E-state index in [1.807, 2.05) is 55.5 Å². The highest BCUT2D eigenvalue weighted by molar-refractivity contribution is 6.08. The molecule has 0 amide bonds. The first-order chi connectivity index (χ1) is 15.0. The van der Waals surface area contributed by atoms with Gasteiger partial charge in [-0.2, -0.15) is 0 Å². The third kappa shape index (κ3) is 3.61. The molecule has 3 aromatic rings. The molecule has 160 valence electrons. The van der Waals surface area contributed by atoms with Gasteiger partial charge in [-0.3, -0.25) is 4.79 Å². The number of fused-ring (bicyclic) bond motifs is 1. The first-order valence-corrected chi connectivity index (χ1v) is 10.1. The average molecular weight is 418 g/mol. The predicted octanol–water partition coefficient (Wildman–Crippen LogP) is 5.14. The minimum atomic E-state index is -0.395. The molecule has 0 saturated carbocycles. The Morgan fingerprint density at radius 1 is 0.645 bits per heavy atom. The van der Waals surface area contributed by atoms with E-state index in [-0.39, 0.29) is 11.7 Å². The van der Waals surface area contributed by atoms with Crippen LogP contribution in [0.4, 0.5) is 0 Å². The van der Waals surface area contributed by atoms with Gasteiger partial charge in [-0.15, -0.1) is 0 Å². The molecule has 3 aromatic carbocycles. The van der Waals surface area contributed by atoms with Crippen molar-refractivity contribution in [3.05, 3.63) is 82.4 Å². The van der Waals surface area contributed by atoms with E-state index in [1.54, 1.807) is 34.5 Å².